The minimum absolute atomic E-state index is 0.305. The zero-order valence-corrected chi connectivity index (χ0v) is 14.1. The Balaban J connectivity index is 3.25. The van der Waals surface area contributed by atoms with Gasteiger partial charge in [-0.25, -0.2) is 0 Å². The van der Waals surface area contributed by atoms with E-state index in [0.29, 0.717) is 6.61 Å². The van der Waals surface area contributed by atoms with Gasteiger partial charge in [0.25, 0.3) is 0 Å². The van der Waals surface area contributed by atoms with Crippen molar-refractivity contribution in [1.82, 2.24) is 0 Å². The molecular weight excluding hydrogens is 288 g/mol. The maximum absolute atomic E-state index is 11.2. The molecule has 1 N–H and O–H groups in total. The first kappa shape index (κ1) is 20.5. The number of esters is 1. The second kappa shape index (κ2) is 14.4. The third kappa shape index (κ3) is 14.2. The summed E-state index contributed by atoms with van der Waals surface area (Å²) in [4.78, 5) is 21.9. The van der Waals surface area contributed by atoms with Crippen LogP contribution >= 0.6 is 12.6 Å². The Morgan fingerprint density at radius 3 is 1.90 bits per heavy atom. The molecule has 4 nitrogen and oxygen atoms in total. The Hall–Kier alpha value is -0.550. The second-order valence-electron chi connectivity index (χ2n) is 5.46. The lowest BCUT2D eigenvalue weighted by Crippen LogP contribution is -2.21. The number of carbonyl (C=O) groups excluding carboxylic acids is 2. The van der Waals surface area contributed by atoms with E-state index in [2.05, 4.69) is 19.6 Å². The number of aliphatic hydroxyl groups excluding tert-OH is 1. The van der Waals surface area contributed by atoms with Gasteiger partial charge >= 0.3 is 5.97 Å². The Labute approximate surface area is 134 Å². The Kier molecular flexibility index (Phi) is 14.0. The first-order chi connectivity index (χ1) is 10.1. The molecule has 124 valence electrons. The maximum atomic E-state index is 11.2. The van der Waals surface area contributed by atoms with Crippen LogP contribution in [0.1, 0.15) is 77.6 Å². The number of unbranched alkanes of at least 4 members (excludes halogenated alkanes) is 9. The number of hydrogen-bond donors (Lipinski definition) is 2. The number of carbonyl (C=O) groups is 2. The first-order valence-electron chi connectivity index (χ1n) is 8.14. The predicted octanol–water partition coefficient (Wildman–Crippen LogP) is 3.66. The van der Waals surface area contributed by atoms with E-state index in [9.17, 15) is 9.59 Å². The predicted molar refractivity (Wildman–Crippen MR) is 87.4 cm³/mol. The Morgan fingerprint density at radius 1 is 0.952 bits per heavy atom. The van der Waals surface area contributed by atoms with Crippen LogP contribution in [0.2, 0.25) is 0 Å². The molecule has 0 spiro atoms. The Morgan fingerprint density at radius 2 is 1.43 bits per heavy atom. The van der Waals surface area contributed by atoms with Crippen molar-refractivity contribution < 1.29 is 19.4 Å². The molecule has 0 aliphatic carbocycles. The molecule has 0 saturated heterocycles. The van der Waals surface area contributed by atoms with Crippen LogP contribution in [0.3, 0.4) is 0 Å². The average molecular weight is 318 g/mol. The molecule has 1 unspecified atom stereocenters. The minimum atomic E-state index is -1.35. The largest absolute Gasteiger partial charge is 0.466 e. The molecule has 0 aliphatic heterocycles. The van der Waals surface area contributed by atoms with Gasteiger partial charge in [0, 0.05) is 0 Å². The summed E-state index contributed by atoms with van der Waals surface area (Å²) in [6.45, 7) is 2.59. The fourth-order valence-corrected chi connectivity index (χ4v) is 2.17. The molecule has 0 heterocycles. The number of hydrogen-bond acceptors (Lipinski definition) is 4. The Bertz CT molecular complexity index is 281. The van der Waals surface area contributed by atoms with Crippen molar-refractivity contribution in [2.75, 3.05) is 6.61 Å². The monoisotopic (exact) mass is 318 g/mol. The van der Waals surface area contributed by atoms with Crippen LogP contribution in [-0.2, 0) is 14.3 Å². The first-order valence-corrected chi connectivity index (χ1v) is 8.59. The highest BCUT2D eigenvalue weighted by Gasteiger charge is 2.16. The molecule has 0 rings (SSSR count). The molecule has 0 aromatic carbocycles. The van der Waals surface area contributed by atoms with E-state index in [1.54, 1.807) is 0 Å². The van der Waals surface area contributed by atoms with Gasteiger partial charge in [-0.05, 0) is 6.42 Å². The smallest absolute Gasteiger partial charge is 0.308 e. The van der Waals surface area contributed by atoms with Gasteiger partial charge in [-0.1, -0.05) is 64.7 Å². The summed E-state index contributed by atoms with van der Waals surface area (Å²) < 4.78 is 4.95. The van der Waals surface area contributed by atoms with E-state index < -0.39 is 17.2 Å². The van der Waals surface area contributed by atoms with Gasteiger partial charge in [-0.2, -0.15) is 0 Å². The third-order valence-electron chi connectivity index (χ3n) is 3.41. The zero-order chi connectivity index (χ0) is 15.9. The molecule has 0 aromatic rings. The lowest BCUT2D eigenvalue weighted by Gasteiger charge is -2.07. The van der Waals surface area contributed by atoms with Crippen molar-refractivity contribution in [3.63, 3.8) is 0 Å². The summed E-state index contributed by atoms with van der Waals surface area (Å²) in [6, 6.07) is 0. The van der Waals surface area contributed by atoms with E-state index in [1.807, 2.05) is 0 Å². The van der Waals surface area contributed by atoms with Crippen LogP contribution in [0, 0.1) is 0 Å². The van der Waals surface area contributed by atoms with Crippen molar-refractivity contribution in [3.05, 3.63) is 0 Å². The molecule has 1 atom stereocenters. The van der Waals surface area contributed by atoms with Crippen LogP contribution in [0.15, 0.2) is 0 Å². The number of ether oxygens (including phenoxy) is 1. The molecule has 0 aliphatic rings. The van der Waals surface area contributed by atoms with Crippen molar-refractivity contribution >= 4 is 23.7 Å². The standard InChI is InChI=1S/C16H30O4S/c1-2-3-4-5-6-7-8-9-10-11-12-20-15(18)13-14(17)16(19)21/h14,17H,2-13H2,1H3,(H,19,21). The minimum Gasteiger partial charge on any atom is -0.466 e. The summed E-state index contributed by atoms with van der Waals surface area (Å²) in [6.07, 6.45) is 10.6. The normalized spacial score (nSPS) is 12.1. The highest BCUT2D eigenvalue weighted by atomic mass is 32.1. The van der Waals surface area contributed by atoms with Gasteiger partial charge in [-0.3, -0.25) is 9.59 Å². The summed E-state index contributed by atoms with van der Waals surface area (Å²) in [5.74, 6) is -0.541. The lowest BCUT2D eigenvalue weighted by atomic mass is 10.1. The van der Waals surface area contributed by atoms with Crippen molar-refractivity contribution in [3.8, 4) is 0 Å². The van der Waals surface area contributed by atoms with Crippen LogP contribution in [-0.4, -0.2) is 28.9 Å². The summed E-state index contributed by atoms with van der Waals surface area (Å²) in [7, 11) is 0. The second-order valence-corrected chi connectivity index (χ2v) is 5.90. The fraction of sp³-hybridized carbons (Fsp3) is 0.875. The van der Waals surface area contributed by atoms with E-state index in [-0.39, 0.29) is 6.42 Å². The van der Waals surface area contributed by atoms with E-state index in [1.165, 1.54) is 51.4 Å². The van der Waals surface area contributed by atoms with Crippen LogP contribution < -0.4 is 0 Å². The van der Waals surface area contributed by atoms with Gasteiger partial charge in [0.2, 0.25) is 5.12 Å². The molecule has 0 saturated carbocycles. The van der Waals surface area contributed by atoms with Gasteiger partial charge in [0.05, 0.1) is 13.0 Å². The zero-order valence-electron chi connectivity index (χ0n) is 13.2. The number of thiol groups is 1. The third-order valence-corrected chi connectivity index (χ3v) is 3.70. The van der Waals surface area contributed by atoms with Crippen molar-refractivity contribution in [1.29, 1.82) is 0 Å². The molecule has 5 heteroatoms. The molecule has 21 heavy (non-hydrogen) atoms. The number of aliphatic hydroxyl groups is 1. The van der Waals surface area contributed by atoms with Crippen molar-refractivity contribution in [2.24, 2.45) is 0 Å². The summed E-state index contributed by atoms with van der Waals surface area (Å²) in [5.41, 5.74) is 0. The molecule has 0 radical (unpaired) electrons. The van der Waals surface area contributed by atoms with Crippen LogP contribution in [0.5, 0.6) is 0 Å². The van der Waals surface area contributed by atoms with Gasteiger partial charge in [0.1, 0.15) is 6.10 Å². The highest BCUT2D eigenvalue weighted by molar-refractivity contribution is 7.96. The highest BCUT2D eigenvalue weighted by Crippen LogP contribution is 2.10. The summed E-state index contributed by atoms with van der Waals surface area (Å²) >= 11 is 3.45. The van der Waals surface area contributed by atoms with Crippen LogP contribution in [0.4, 0.5) is 0 Å². The lowest BCUT2D eigenvalue weighted by molar-refractivity contribution is -0.147. The fourth-order valence-electron chi connectivity index (χ4n) is 2.08. The van der Waals surface area contributed by atoms with Gasteiger partial charge in [0.15, 0.2) is 0 Å². The van der Waals surface area contributed by atoms with E-state index in [4.69, 9.17) is 9.84 Å². The molecule has 0 amide bonds. The van der Waals surface area contributed by atoms with E-state index in [0.717, 1.165) is 12.8 Å². The number of rotatable bonds is 14. The molecular formula is C16H30O4S. The van der Waals surface area contributed by atoms with Gasteiger partial charge in [-0.15, -0.1) is 12.6 Å². The van der Waals surface area contributed by atoms with Gasteiger partial charge < -0.3 is 9.84 Å². The van der Waals surface area contributed by atoms with Crippen molar-refractivity contribution in [2.45, 2.75) is 83.7 Å². The van der Waals surface area contributed by atoms with Crippen LogP contribution in [0.25, 0.3) is 0 Å². The van der Waals surface area contributed by atoms with E-state index >= 15 is 0 Å². The molecule has 0 bridgehead atoms. The molecule has 0 fully saturated rings. The SMILES string of the molecule is CCCCCCCCCCCCOC(=O)CC(O)C(=O)S. The topological polar surface area (TPSA) is 63.6 Å². The summed E-state index contributed by atoms with van der Waals surface area (Å²) in [5, 5.41) is 8.44. The quantitative estimate of drug-likeness (QED) is 0.291. The molecule has 0 aromatic heterocycles. The average Bonchev–Trinajstić information content (AvgIpc) is 2.44. The maximum Gasteiger partial charge on any atom is 0.308 e.